The van der Waals surface area contributed by atoms with Crippen LogP contribution in [0.2, 0.25) is 0 Å². The number of halogens is 3. The molecule has 0 bridgehead atoms. The molecule has 1 N–H and O–H groups in total. The SMILES string of the molecule is CN=C(C1=C(/C=C/CF)C(=O)N(c2ccc(C(C)(C)O)cc2)C1)c1ccccc1OCC(F)F. The van der Waals surface area contributed by atoms with E-state index in [1.54, 1.807) is 62.4 Å². The Morgan fingerprint density at radius 1 is 1.21 bits per heavy atom. The normalized spacial score (nSPS) is 15.2. The second-order valence-electron chi connectivity index (χ2n) is 8.22. The monoisotopic (exact) mass is 472 g/mol. The third kappa shape index (κ3) is 5.56. The largest absolute Gasteiger partial charge is 0.487 e. The molecule has 1 amide bonds. The third-order valence-corrected chi connectivity index (χ3v) is 5.39. The highest BCUT2D eigenvalue weighted by molar-refractivity contribution is 6.24. The molecule has 0 radical (unpaired) electrons. The molecule has 1 aliphatic heterocycles. The number of amides is 1. The summed E-state index contributed by atoms with van der Waals surface area (Å²) >= 11 is 0. The Bertz CT molecular complexity index is 1120. The Balaban J connectivity index is 2.02. The standard InChI is InChI=1S/C26H27F3N2O3/c1-26(2,33)17-10-12-18(13-11-17)31-15-21(19(25(31)32)8-6-14-27)24(30-3)20-7-4-5-9-22(20)34-16-23(28)29/h4-13,23,33H,14-16H2,1-3H3/b8-6+,30-24?. The van der Waals surface area contributed by atoms with Crippen LogP contribution in [0, 0.1) is 0 Å². The fourth-order valence-corrected chi connectivity index (χ4v) is 3.74. The van der Waals surface area contributed by atoms with Gasteiger partial charge in [-0.15, -0.1) is 0 Å². The predicted molar refractivity (Wildman–Crippen MR) is 127 cm³/mol. The van der Waals surface area contributed by atoms with Gasteiger partial charge in [-0.2, -0.15) is 0 Å². The summed E-state index contributed by atoms with van der Waals surface area (Å²) in [6.07, 6.45) is 0.00447. The van der Waals surface area contributed by atoms with Gasteiger partial charge in [0, 0.05) is 29.4 Å². The molecule has 3 rings (SSSR count). The molecule has 0 spiro atoms. The quantitative estimate of drug-likeness (QED) is 0.531. The number of ether oxygens (including phenoxy) is 1. The summed E-state index contributed by atoms with van der Waals surface area (Å²) in [4.78, 5) is 19.2. The molecule has 0 aromatic heterocycles. The number of alkyl halides is 3. The summed E-state index contributed by atoms with van der Waals surface area (Å²) in [5.41, 5.74) is 1.89. The van der Waals surface area contributed by atoms with Crippen molar-refractivity contribution in [2.45, 2.75) is 25.9 Å². The Labute approximate surface area is 196 Å². The molecule has 5 nitrogen and oxygen atoms in total. The van der Waals surface area contributed by atoms with E-state index < -0.39 is 25.3 Å². The molecule has 0 fully saturated rings. The molecule has 1 aliphatic rings. The van der Waals surface area contributed by atoms with Crippen molar-refractivity contribution in [2.24, 2.45) is 4.99 Å². The maximum Gasteiger partial charge on any atom is 0.272 e. The molecule has 0 saturated heterocycles. The van der Waals surface area contributed by atoms with Gasteiger partial charge in [0.15, 0.2) is 0 Å². The summed E-state index contributed by atoms with van der Waals surface area (Å²) in [6.45, 7) is 1.94. The lowest BCUT2D eigenvalue weighted by atomic mass is 9.98. The molecular formula is C26H27F3N2O3. The number of rotatable bonds is 9. The van der Waals surface area contributed by atoms with E-state index in [1.807, 2.05) is 0 Å². The van der Waals surface area contributed by atoms with Gasteiger partial charge in [0.2, 0.25) is 0 Å². The minimum atomic E-state index is -2.65. The van der Waals surface area contributed by atoms with Crippen LogP contribution in [0.5, 0.6) is 5.75 Å². The number of hydrogen-bond acceptors (Lipinski definition) is 4. The molecule has 0 saturated carbocycles. The van der Waals surface area contributed by atoms with Crippen LogP contribution in [-0.4, -0.2) is 50.0 Å². The topological polar surface area (TPSA) is 62.1 Å². The van der Waals surface area contributed by atoms with E-state index in [4.69, 9.17) is 4.74 Å². The van der Waals surface area contributed by atoms with Gasteiger partial charge < -0.3 is 14.7 Å². The number of nitrogens with zero attached hydrogens (tertiary/aromatic N) is 2. The fourth-order valence-electron chi connectivity index (χ4n) is 3.74. The molecule has 8 heteroatoms. The molecule has 2 aromatic carbocycles. The lowest BCUT2D eigenvalue weighted by Crippen LogP contribution is -2.27. The lowest BCUT2D eigenvalue weighted by molar-refractivity contribution is -0.114. The van der Waals surface area contributed by atoms with Crippen LogP contribution in [0.3, 0.4) is 0 Å². The number of allylic oxidation sites excluding steroid dienone is 1. The zero-order valence-corrected chi connectivity index (χ0v) is 19.3. The average molecular weight is 473 g/mol. The smallest absolute Gasteiger partial charge is 0.272 e. The van der Waals surface area contributed by atoms with Gasteiger partial charge in [0.25, 0.3) is 12.3 Å². The number of benzene rings is 2. The number of para-hydroxylation sites is 1. The number of anilines is 1. The Morgan fingerprint density at radius 2 is 1.88 bits per heavy atom. The first-order valence-corrected chi connectivity index (χ1v) is 10.7. The average Bonchev–Trinajstić information content (AvgIpc) is 3.12. The zero-order chi connectivity index (χ0) is 24.9. The first kappa shape index (κ1) is 25.2. The number of carbonyl (C=O) groups is 1. The van der Waals surface area contributed by atoms with E-state index in [2.05, 4.69) is 4.99 Å². The van der Waals surface area contributed by atoms with Crippen LogP contribution in [0.1, 0.15) is 25.0 Å². The van der Waals surface area contributed by atoms with Crippen molar-refractivity contribution >= 4 is 17.3 Å². The van der Waals surface area contributed by atoms with E-state index in [-0.39, 0.29) is 23.8 Å². The molecule has 0 aliphatic carbocycles. The maximum atomic E-state index is 13.3. The molecule has 0 atom stereocenters. The molecule has 34 heavy (non-hydrogen) atoms. The second-order valence-corrected chi connectivity index (χ2v) is 8.22. The van der Waals surface area contributed by atoms with E-state index in [0.717, 1.165) is 0 Å². The van der Waals surface area contributed by atoms with Crippen LogP contribution in [0.25, 0.3) is 0 Å². The van der Waals surface area contributed by atoms with Crippen molar-refractivity contribution in [3.05, 3.63) is 83.0 Å². The number of aliphatic imine (C=N–C) groups is 1. The molecule has 1 heterocycles. The summed E-state index contributed by atoms with van der Waals surface area (Å²) in [7, 11) is 1.54. The van der Waals surface area contributed by atoms with Crippen LogP contribution in [0.4, 0.5) is 18.9 Å². The Hall–Kier alpha value is -3.39. The van der Waals surface area contributed by atoms with Crippen LogP contribution in [-0.2, 0) is 10.4 Å². The Kier molecular flexibility index (Phi) is 7.94. The van der Waals surface area contributed by atoms with Crippen molar-refractivity contribution < 1.29 is 27.8 Å². The first-order chi connectivity index (χ1) is 16.2. The summed E-state index contributed by atoms with van der Waals surface area (Å²) in [5, 5.41) is 10.2. The highest BCUT2D eigenvalue weighted by Crippen LogP contribution is 2.32. The van der Waals surface area contributed by atoms with E-state index in [1.165, 1.54) is 24.1 Å². The maximum absolute atomic E-state index is 13.3. The predicted octanol–water partition coefficient (Wildman–Crippen LogP) is 4.85. The van der Waals surface area contributed by atoms with E-state index >= 15 is 0 Å². The molecular weight excluding hydrogens is 445 g/mol. The summed E-state index contributed by atoms with van der Waals surface area (Å²) in [6, 6.07) is 13.5. The summed E-state index contributed by atoms with van der Waals surface area (Å²) < 4.78 is 43.7. The highest BCUT2D eigenvalue weighted by atomic mass is 19.3. The van der Waals surface area contributed by atoms with Crippen molar-refractivity contribution in [3.63, 3.8) is 0 Å². The van der Waals surface area contributed by atoms with Gasteiger partial charge in [0.05, 0.1) is 17.9 Å². The Morgan fingerprint density at radius 3 is 2.47 bits per heavy atom. The fraction of sp³-hybridized carbons (Fsp3) is 0.308. The van der Waals surface area contributed by atoms with E-state index in [9.17, 15) is 23.1 Å². The van der Waals surface area contributed by atoms with Gasteiger partial charge in [0.1, 0.15) is 19.0 Å². The third-order valence-electron chi connectivity index (χ3n) is 5.39. The molecule has 2 aromatic rings. The molecule has 180 valence electrons. The first-order valence-electron chi connectivity index (χ1n) is 10.7. The second kappa shape index (κ2) is 10.7. The van der Waals surface area contributed by atoms with Gasteiger partial charge in [-0.05, 0) is 43.7 Å². The lowest BCUT2D eigenvalue weighted by Gasteiger charge is -2.21. The van der Waals surface area contributed by atoms with Gasteiger partial charge in [-0.3, -0.25) is 9.79 Å². The van der Waals surface area contributed by atoms with Crippen LogP contribution < -0.4 is 9.64 Å². The highest BCUT2D eigenvalue weighted by Gasteiger charge is 2.33. The number of hydrogen-bond donors (Lipinski definition) is 1. The summed E-state index contributed by atoms with van der Waals surface area (Å²) in [5.74, 6) is -0.131. The zero-order valence-electron chi connectivity index (χ0n) is 19.3. The van der Waals surface area contributed by atoms with Gasteiger partial charge in [-0.25, -0.2) is 13.2 Å². The van der Waals surface area contributed by atoms with Crippen LogP contribution in [0.15, 0.2) is 76.8 Å². The molecule has 0 unspecified atom stereocenters. The minimum absolute atomic E-state index is 0.141. The van der Waals surface area contributed by atoms with Crippen LogP contribution >= 0.6 is 0 Å². The number of carbonyl (C=O) groups excluding carboxylic acids is 1. The minimum Gasteiger partial charge on any atom is -0.487 e. The van der Waals surface area contributed by atoms with E-state index in [0.29, 0.717) is 28.1 Å². The van der Waals surface area contributed by atoms with Gasteiger partial charge in [-0.1, -0.05) is 36.4 Å². The van der Waals surface area contributed by atoms with Crippen molar-refractivity contribution in [1.29, 1.82) is 0 Å². The van der Waals surface area contributed by atoms with Crippen molar-refractivity contribution in [3.8, 4) is 5.75 Å². The van der Waals surface area contributed by atoms with Crippen molar-refractivity contribution in [2.75, 3.05) is 31.8 Å². The van der Waals surface area contributed by atoms with Crippen molar-refractivity contribution in [1.82, 2.24) is 0 Å². The van der Waals surface area contributed by atoms with Gasteiger partial charge >= 0.3 is 0 Å². The number of aliphatic hydroxyl groups is 1.